The number of para-hydroxylation sites is 1. The van der Waals surface area contributed by atoms with Gasteiger partial charge in [-0.2, -0.15) is 0 Å². The zero-order valence-electron chi connectivity index (χ0n) is 26.8. The molecule has 48 heavy (non-hydrogen) atoms. The van der Waals surface area contributed by atoms with Crippen LogP contribution < -0.4 is 0 Å². The molecule has 0 saturated carbocycles. The lowest BCUT2D eigenvalue weighted by Crippen LogP contribution is -1.94. The van der Waals surface area contributed by atoms with Crippen LogP contribution in [-0.2, 0) is 0 Å². The summed E-state index contributed by atoms with van der Waals surface area (Å²) in [5.74, 6) is 0. The van der Waals surface area contributed by atoms with E-state index in [9.17, 15) is 0 Å². The van der Waals surface area contributed by atoms with Gasteiger partial charge < -0.3 is 4.57 Å². The van der Waals surface area contributed by atoms with Crippen LogP contribution in [0.25, 0.3) is 87.6 Å². The van der Waals surface area contributed by atoms with Crippen molar-refractivity contribution in [1.82, 2.24) is 4.57 Å². The molecule has 0 N–H and O–H groups in total. The van der Waals surface area contributed by atoms with E-state index in [1.54, 1.807) is 0 Å². The summed E-state index contributed by atoms with van der Waals surface area (Å²) in [5, 5.41) is 10.1. The molecule has 9 rings (SSSR count). The van der Waals surface area contributed by atoms with Gasteiger partial charge in [0.1, 0.15) is 0 Å². The third-order valence-corrected chi connectivity index (χ3v) is 9.92. The summed E-state index contributed by atoms with van der Waals surface area (Å²) in [7, 11) is 0. The zero-order chi connectivity index (χ0) is 32.2. The molecule has 9 aromatic rings. The van der Waals surface area contributed by atoms with Crippen molar-refractivity contribution in [1.29, 1.82) is 0 Å². The average Bonchev–Trinajstić information content (AvgIpc) is 3.49. The van der Waals surface area contributed by atoms with Gasteiger partial charge in [-0.25, -0.2) is 0 Å². The van der Waals surface area contributed by atoms with Crippen LogP contribution in [0.2, 0.25) is 0 Å². The predicted octanol–water partition coefficient (Wildman–Crippen LogP) is 13.2. The van der Waals surface area contributed by atoms with Crippen molar-refractivity contribution in [3.63, 3.8) is 0 Å². The van der Waals surface area contributed by atoms with Crippen molar-refractivity contribution in [3.8, 4) is 27.9 Å². The van der Waals surface area contributed by atoms with E-state index in [0.717, 1.165) is 11.3 Å². The molecule has 1 nitrogen and oxygen atoms in total. The van der Waals surface area contributed by atoms with E-state index < -0.39 is 0 Å². The Morgan fingerprint density at radius 1 is 0.500 bits per heavy atom. The standard InChI is InChI=1S/C47H33N/c1-3-31(4-2)34-22-25-40-37(28-34)24-27-44-43-26-23-35(30-46(43)48(47(40)44)38-13-6-5-7-14-38)32-18-20-33(21-19-32)45-29-36-12-8-9-15-39(36)41-16-10-11-17-42(41)45/h3-30H,1H2,2H3/b31-4+. The first-order chi connectivity index (χ1) is 23.7. The molecule has 1 heteroatoms. The maximum absolute atomic E-state index is 4.02. The number of rotatable bonds is 5. The number of allylic oxidation sites excluding steroid dienone is 3. The van der Waals surface area contributed by atoms with Gasteiger partial charge in [0, 0.05) is 21.8 Å². The molecule has 8 aromatic carbocycles. The maximum Gasteiger partial charge on any atom is 0.0619 e. The lowest BCUT2D eigenvalue weighted by atomic mass is 9.92. The Morgan fingerprint density at radius 2 is 1.15 bits per heavy atom. The molecule has 0 bridgehead atoms. The minimum absolute atomic E-state index is 1.14. The summed E-state index contributed by atoms with van der Waals surface area (Å²) in [5.41, 5.74) is 10.8. The van der Waals surface area contributed by atoms with E-state index in [1.165, 1.54) is 81.9 Å². The Morgan fingerprint density at radius 3 is 1.94 bits per heavy atom. The molecule has 0 aliphatic rings. The van der Waals surface area contributed by atoms with Crippen LogP contribution in [0.4, 0.5) is 0 Å². The largest absolute Gasteiger partial charge is 0.309 e. The normalized spacial score (nSPS) is 12.1. The van der Waals surface area contributed by atoms with Crippen LogP contribution >= 0.6 is 0 Å². The molecule has 0 atom stereocenters. The number of aromatic nitrogens is 1. The summed E-state index contributed by atoms with van der Waals surface area (Å²) in [4.78, 5) is 0. The van der Waals surface area contributed by atoms with Gasteiger partial charge in [0.05, 0.1) is 11.0 Å². The van der Waals surface area contributed by atoms with Gasteiger partial charge in [-0.15, -0.1) is 0 Å². The van der Waals surface area contributed by atoms with E-state index >= 15 is 0 Å². The van der Waals surface area contributed by atoms with E-state index in [4.69, 9.17) is 0 Å². The van der Waals surface area contributed by atoms with Gasteiger partial charge in [0.15, 0.2) is 0 Å². The maximum atomic E-state index is 4.02. The van der Waals surface area contributed by atoms with Crippen LogP contribution in [0.15, 0.2) is 176 Å². The monoisotopic (exact) mass is 611 g/mol. The van der Waals surface area contributed by atoms with E-state index in [1.807, 2.05) is 6.08 Å². The summed E-state index contributed by atoms with van der Waals surface area (Å²) in [6.45, 7) is 6.09. The summed E-state index contributed by atoms with van der Waals surface area (Å²) in [6, 6.07) is 57.8. The van der Waals surface area contributed by atoms with Gasteiger partial charge in [-0.1, -0.05) is 146 Å². The molecule has 0 aliphatic carbocycles. The van der Waals surface area contributed by atoms with Crippen molar-refractivity contribution in [2.24, 2.45) is 0 Å². The highest BCUT2D eigenvalue weighted by molar-refractivity contribution is 6.19. The minimum Gasteiger partial charge on any atom is -0.309 e. The Kier molecular flexibility index (Phi) is 6.59. The number of hydrogen-bond acceptors (Lipinski definition) is 0. The topological polar surface area (TPSA) is 4.93 Å². The van der Waals surface area contributed by atoms with E-state index in [2.05, 4.69) is 182 Å². The quantitative estimate of drug-likeness (QED) is 0.135. The molecule has 226 valence electrons. The van der Waals surface area contributed by atoms with E-state index in [0.29, 0.717) is 0 Å². The fourth-order valence-corrected chi connectivity index (χ4v) is 7.58. The zero-order valence-corrected chi connectivity index (χ0v) is 26.8. The smallest absolute Gasteiger partial charge is 0.0619 e. The second-order valence-corrected chi connectivity index (χ2v) is 12.5. The summed E-state index contributed by atoms with van der Waals surface area (Å²) in [6.07, 6.45) is 4.05. The Hall–Kier alpha value is -6.18. The number of fused-ring (bicyclic) bond motifs is 8. The van der Waals surface area contributed by atoms with E-state index in [-0.39, 0.29) is 0 Å². The predicted molar refractivity (Wildman–Crippen MR) is 208 cm³/mol. The lowest BCUT2D eigenvalue weighted by molar-refractivity contribution is 1.19. The summed E-state index contributed by atoms with van der Waals surface area (Å²) < 4.78 is 2.44. The van der Waals surface area contributed by atoms with Crippen LogP contribution in [0.3, 0.4) is 0 Å². The van der Waals surface area contributed by atoms with Gasteiger partial charge in [-0.3, -0.25) is 0 Å². The molecule has 0 radical (unpaired) electrons. The molecule has 0 spiro atoms. The third kappa shape index (κ3) is 4.40. The number of benzene rings is 8. The highest BCUT2D eigenvalue weighted by Crippen LogP contribution is 2.40. The molecular formula is C47H33N. The Labute approximate surface area is 280 Å². The lowest BCUT2D eigenvalue weighted by Gasteiger charge is -2.12. The molecule has 0 fully saturated rings. The first kappa shape index (κ1) is 28.1. The van der Waals surface area contributed by atoms with Crippen LogP contribution in [-0.4, -0.2) is 4.57 Å². The van der Waals surface area contributed by atoms with Crippen LogP contribution in [0.5, 0.6) is 0 Å². The molecule has 0 amide bonds. The molecule has 1 aromatic heterocycles. The number of nitrogens with zero attached hydrogens (tertiary/aromatic N) is 1. The first-order valence-corrected chi connectivity index (χ1v) is 16.6. The van der Waals surface area contributed by atoms with Crippen molar-refractivity contribution >= 4 is 59.7 Å². The highest BCUT2D eigenvalue weighted by atomic mass is 15.0. The third-order valence-electron chi connectivity index (χ3n) is 9.92. The molecule has 1 heterocycles. The number of hydrogen-bond donors (Lipinski definition) is 0. The van der Waals surface area contributed by atoms with Crippen molar-refractivity contribution in [2.45, 2.75) is 6.92 Å². The SMILES string of the molecule is C=C/C(=C\C)c1ccc2c(ccc3c4ccc(-c5ccc(-c6cc7ccccc7c7ccccc67)cc5)cc4n(-c4ccccc4)c23)c1. The fraction of sp³-hybridized carbons (Fsp3) is 0.0213. The van der Waals surface area contributed by atoms with Crippen molar-refractivity contribution in [2.75, 3.05) is 0 Å². The van der Waals surface area contributed by atoms with Gasteiger partial charge in [0.25, 0.3) is 0 Å². The summed E-state index contributed by atoms with van der Waals surface area (Å²) >= 11 is 0. The van der Waals surface area contributed by atoms with Crippen molar-refractivity contribution < 1.29 is 0 Å². The first-order valence-electron chi connectivity index (χ1n) is 16.6. The second kappa shape index (κ2) is 11.3. The van der Waals surface area contributed by atoms with Gasteiger partial charge >= 0.3 is 0 Å². The molecule has 0 saturated heterocycles. The minimum atomic E-state index is 1.14. The Bertz CT molecular complexity index is 2720. The average molecular weight is 612 g/mol. The molecule has 0 unspecified atom stereocenters. The second-order valence-electron chi connectivity index (χ2n) is 12.5. The Balaban J connectivity index is 1.21. The highest BCUT2D eigenvalue weighted by Gasteiger charge is 2.17. The van der Waals surface area contributed by atoms with Crippen LogP contribution in [0, 0.1) is 0 Å². The van der Waals surface area contributed by atoms with Gasteiger partial charge in [-0.05, 0) is 97.6 Å². The van der Waals surface area contributed by atoms with Crippen LogP contribution in [0.1, 0.15) is 12.5 Å². The fourth-order valence-electron chi connectivity index (χ4n) is 7.58. The van der Waals surface area contributed by atoms with Crippen molar-refractivity contribution in [3.05, 3.63) is 182 Å². The molecule has 0 aliphatic heterocycles. The molecular weight excluding hydrogens is 579 g/mol. The van der Waals surface area contributed by atoms with Gasteiger partial charge in [0.2, 0.25) is 0 Å².